The van der Waals surface area contributed by atoms with Crippen molar-refractivity contribution in [3.05, 3.63) is 125 Å². The summed E-state index contributed by atoms with van der Waals surface area (Å²) in [6.07, 6.45) is 5.15. The summed E-state index contributed by atoms with van der Waals surface area (Å²) in [5, 5.41) is 30.2. The van der Waals surface area contributed by atoms with Crippen molar-refractivity contribution in [2.45, 2.75) is 19.4 Å². The van der Waals surface area contributed by atoms with E-state index in [4.69, 9.17) is 19.4 Å². The topological polar surface area (TPSA) is 182 Å². The lowest BCUT2D eigenvalue weighted by molar-refractivity contribution is 0.0555. The molecule has 2 fully saturated rings. The summed E-state index contributed by atoms with van der Waals surface area (Å²) in [5.74, 6) is 0.394. The van der Waals surface area contributed by atoms with Gasteiger partial charge in [0.05, 0.1) is 34.4 Å². The van der Waals surface area contributed by atoms with Gasteiger partial charge in [-0.05, 0) is 62.4 Å². The standard InChI is InChI=1S/C23H21FN6O2.C22H22N4O3/c1-28-14-16(13-27-28)21-11-20-22(32-21)19(2-3-26-20)23(31)30-6-4-29(5-7-30)18-9-15(12-25)8-17(24)10-18;1-22(2,28)19-13-18-20(29-19)17(6-7-24-18)21(27)26-10-8-25(9-11-26)16-5-3-4-15(12-16)14-23/h2-3,8-11,14,27H,4-7,13H2,1H3;3-7,12-13,28H,8-11H2,1-2H3. The Bertz CT molecular complexity index is 2740. The molecule has 4 aromatic heterocycles. The van der Waals surface area contributed by atoms with E-state index in [-0.39, 0.29) is 17.4 Å². The van der Waals surface area contributed by atoms with Crippen LogP contribution in [0.1, 0.15) is 57.2 Å². The number of hydrazine groups is 1. The van der Waals surface area contributed by atoms with Crippen LogP contribution in [0.15, 0.2) is 94.2 Å². The van der Waals surface area contributed by atoms with Gasteiger partial charge in [0.15, 0.2) is 11.2 Å². The maximum absolute atomic E-state index is 13.8. The first-order valence-corrected chi connectivity index (χ1v) is 19.8. The number of furan rings is 2. The van der Waals surface area contributed by atoms with Crippen molar-refractivity contribution in [3.63, 3.8) is 0 Å². The van der Waals surface area contributed by atoms with E-state index in [1.165, 1.54) is 12.1 Å². The van der Waals surface area contributed by atoms with Gasteiger partial charge in [0.2, 0.25) is 0 Å². The Morgan fingerprint density at radius 1 is 0.754 bits per heavy atom. The molecule has 0 radical (unpaired) electrons. The van der Waals surface area contributed by atoms with Crippen LogP contribution in [-0.2, 0) is 5.60 Å². The molecule has 3 aliphatic rings. The number of halogens is 1. The van der Waals surface area contributed by atoms with Crippen LogP contribution < -0.4 is 15.2 Å². The van der Waals surface area contributed by atoms with Crippen LogP contribution in [0.25, 0.3) is 27.8 Å². The first-order chi connectivity index (χ1) is 29.4. The van der Waals surface area contributed by atoms with Crippen LogP contribution in [0.5, 0.6) is 0 Å². The molecule has 2 saturated heterocycles. The molecule has 0 spiro atoms. The van der Waals surface area contributed by atoms with Crippen molar-refractivity contribution in [1.29, 1.82) is 10.5 Å². The number of hydrogen-bond acceptors (Lipinski definition) is 13. The molecule has 0 saturated carbocycles. The quantitative estimate of drug-likeness (QED) is 0.216. The Morgan fingerprint density at radius 3 is 1.90 bits per heavy atom. The second-order valence-corrected chi connectivity index (χ2v) is 15.6. The van der Waals surface area contributed by atoms with Gasteiger partial charge < -0.3 is 38.5 Å². The average molecular weight is 823 g/mol. The molecule has 2 N–H and O–H groups in total. The van der Waals surface area contributed by atoms with Gasteiger partial charge in [0.1, 0.15) is 34.0 Å². The molecule has 15 nitrogen and oxygen atoms in total. The Balaban J connectivity index is 0.000000169. The number of nitrogens with one attached hydrogen (secondary N) is 1. The zero-order valence-electron chi connectivity index (χ0n) is 33.9. The lowest BCUT2D eigenvalue weighted by Crippen LogP contribution is -2.48. The minimum absolute atomic E-state index is 0.112. The fraction of sp³-hybridized carbons (Fsp3) is 0.289. The highest BCUT2D eigenvalue weighted by Gasteiger charge is 2.29. The monoisotopic (exact) mass is 822 g/mol. The fourth-order valence-electron chi connectivity index (χ4n) is 7.63. The van der Waals surface area contributed by atoms with Crippen LogP contribution >= 0.6 is 0 Å². The first kappa shape index (κ1) is 40.5. The number of amides is 2. The van der Waals surface area contributed by atoms with E-state index in [9.17, 15) is 19.1 Å². The van der Waals surface area contributed by atoms with Gasteiger partial charge in [-0.25, -0.2) is 9.82 Å². The zero-order valence-corrected chi connectivity index (χ0v) is 33.9. The van der Waals surface area contributed by atoms with Gasteiger partial charge in [0.25, 0.3) is 11.8 Å². The van der Waals surface area contributed by atoms with Crippen molar-refractivity contribution >= 4 is 51.0 Å². The minimum Gasteiger partial charge on any atom is -0.455 e. The summed E-state index contributed by atoms with van der Waals surface area (Å²) >= 11 is 0. The highest BCUT2D eigenvalue weighted by molar-refractivity contribution is 6.05. The molecular weight excluding hydrogens is 780 g/mol. The molecule has 6 aromatic rings. The molecular formula is C45H43FN10O5. The average Bonchev–Trinajstić information content (AvgIpc) is 4.04. The number of rotatable bonds is 6. The predicted molar refractivity (Wildman–Crippen MR) is 226 cm³/mol. The smallest absolute Gasteiger partial charge is 0.257 e. The summed E-state index contributed by atoms with van der Waals surface area (Å²) in [5.41, 5.74) is 8.57. The number of fused-ring (bicyclic) bond motifs is 2. The van der Waals surface area contributed by atoms with Crippen LogP contribution in [0.4, 0.5) is 15.8 Å². The maximum Gasteiger partial charge on any atom is 0.257 e. The number of carbonyl (C=O) groups excluding carboxylic acids is 2. The van der Waals surface area contributed by atoms with E-state index >= 15 is 0 Å². The zero-order chi connectivity index (χ0) is 42.8. The van der Waals surface area contributed by atoms with Gasteiger partial charge in [-0.2, -0.15) is 10.5 Å². The van der Waals surface area contributed by atoms with E-state index in [1.807, 2.05) is 53.5 Å². The SMILES string of the molecule is CC(C)(O)c1cc2nccc(C(=O)N3CCN(c4cccc(C#N)c4)CC3)c2o1.CN1C=C(c2cc3nccc(C(=O)N4CCN(c5cc(F)cc(C#N)c5)CC4)c3o2)CN1. The maximum atomic E-state index is 13.8. The van der Waals surface area contributed by atoms with E-state index in [0.29, 0.717) is 115 Å². The van der Waals surface area contributed by atoms with Gasteiger partial charge in [-0.3, -0.25) is 19.6 Å². The van der Waals surface area contributed by atoms with Crippen molar-refractivity contribution in [3.8, 4) is 12.1 Å². The molecule has 310 valence electrons. The number of nitriles is 2. The fourth-order valence-corrected chi connectivity index (χ4v) is 7.63. The van der Waals surface area contributed by atoms with Crippen LogP contribution in [0.3, 0.4) is 0 Å². The Kier molecular flexibility index (Phi) is 11.1. The third-order valence-corrected chi connectivity index (χ3v) is 10.9. The van der Waals surface area contributed by atoms with E-state index < -0.39 is 11.4 Å². The molecule has 16 heteroatoms. The molecule has 2 aromatic carbocycles. The summed E-state index contributed by atoms with van der Waals surface area (Å²) in [7, 11) is 1.91. The summed E-state index contributed by atoms with van der Waals surface area (Å²) < 4.78 is 25.6. The number of piperazine rings is 2. The van der Waals surface area contributed by atoms with Crippen molar-refractivity contribution < 1.29 is 27.9 Å². The summed E-state index contributed by atoms with van der Waals surface area (Å²) in [6, 6.07) is 22.8. The van der Waals surface area contributed by atoms with Crippen molar-refractivity contribution in [1.82, 2.24) is 30.2 Å². The lowest BCUT2D eigenvalue weighted by atomic mass is 10.1. The molecule has 0 bridgehead atoms. The van der Waals surface area contributed by atoms with Crippen LogP contribution in [-0.4, -0.2) is 108 Å². The largest absolute Gasteiger partial charge is 0.455 e. The number of hydrogen-bond donors (Lipinski definition) is 2. The number of nitrogens with zero attached hydrogens (tertiary/aromatic N) is 9. The van der Waals surface area contributed by atoms with E-state index in [0.717, 1.165) is 11.3 Å². The third-order valence-electron chi connectivity index (χ3n) is 10.9. The number of pyridine rings is 2. The van der Waals surface area contributed by atoms with Crippen molar-refractivity contribution in [2.24, 2.45) is 0 Å². The highest BCUT2D eigenvalue weighted by atomic mass is 19.1. The number of aliphatic hydroxyl groups is 1. The molecule has 0 unspecified atom stereocenters. The second-order valence-electron chi connectivity index (χ2n) is 15.6. The van der Waals surface area contributed by atoms with Gasteiger partial charge in [-0.15, -0.1) is 0 Å². The van der Waals surface area contributed by atoms with E-state index in [2.05, 4.69) is 26.4 Å². The minimum atomic E-state index is -1.15. The number of aromatic nitrogens is 2. The van der Waals surface area contributed by atoms with E-state index in [1.54, 1.807) is 66.4 Å². The normalized spacial score (nSPS) is 15.7. The number of carbonyl (C=O) groups is 2. The molecule has 7 heterocycles. The highest BCUT2D eigenvalue weighted by Crippen LogP contribution is 2.31. The molecule has 61 heavy (non-hydrogen) atoms. The molecule has 3 aliphatic heterocycles. The summed E-state index contributed by atoms with van der Waals surface area (Å²) in [6.45, 7) is 8.46. The molecule has 0 atom stereocenters. The lowest BCUT2D eigenvalue weighted by Gasteiger charge is -2.36. The van der Waals surface area contributed by atoms with Gasteiger partial charge >= 0.3 is 0 Å². The number of benzene rings is 2. The van der Waals surface area contributed by atoms with Gasteiger partial charge in [-0.1, -0.05) is 6.07 Å². The number of anilines is 2. The molecule has 0 aliphatic carbocycles. The third kappa shape index (κ3) is 8.58. The Morgan fingerprint density at radius 2 is 1.33 bits per heavy atom. The molecule has 9 rings (SSSR count). The van der Waals surface area contributed by atoms with Crippen LogP contribution in [0, 0.1) is 28.5 Å². The van der Waals surface area contributed by atoms with Gasteiger partial charge in [0, 0.05) is 114 Å². The van der Waals surface area contributed by atoms with Crippen molar-refractivity contribution in [2.75, 3.05) is 75.8 Å². The first-order valence-electron chi connectivity index (χ1n) is 19.8. The predicted octanol–water partition coefficient (Wildman–Crippen LogP) is 5.48. The Labute approximate surface area is 351 Å². The molecule has 2 amide bonds. The summed E-state index contributed by atoms with van der Waals surface area (Å²) in [4.78, 5) is 42.7. The second kappa shape index (κ2) is 16.8. The Hall–Kier alpha value is -7.27. The van der Waals surface area contributed by atoms with Crippen LogP contribution in [0.2, 0.25) is 0 Å².